The highest BCUT2D eigenvalue weighted by Crippen LogP contribution is 2.29. The Balaban J connectivity index is 1.37. The maximum atomic E-state index is 13.2. The molecule has 0 unspecified atom stereocenters. The van der Waals surface area contributed by atoms with E-state index in [4.69, 9.17) is 0 Å². The normalized spacial score (nSPS) is 16.3. The molecular weight excluding hydrogens is 354 g/mol. The van der Waals surface area contributed by atoms with E-state index >= 15 is 0 Å². The molecule has 7 nitrogen and oxygen atoms in total. The molecule has 1 aliphatic heterocycles. The maximum absolute atomic E-state index is 13.2. The molecule has 3 aromatic rings. The second-order valence-electron chi connectivity index (χ2n) is 6.43. The molecule has 1 aromatic carbocycles. The molecule has 0 spiro atoms. The SMILES string of the molecule is O=C(Nc1cnc(N2CCC(F)(F)CC2)cn1)Nc1c[nH]c2ccccc12. The number of aromatic amines is 1. The first-order valence-corrected chi connectivity index (χ1v) is 8.59. The molecule has 3 heterocycles. The largest absolute Gasteiger partial charge is 0.359 e. The number of H-pyrrole nitrogens is 1. The van der Waals surface area contributed by atoms with E-state index in [0.29, 0.717) is 11.5 Å². The van der Waals surface area contributed by atoms with Crippen LogP contribution in [0, 0.1) is 0 Å². The monoisotopic (exact) mass is 372 g/mol. The number of hydrogen-bond donors (Lipinski definition) is 3. The third kappa shape index (κ3) is 3.81. The first-order valence-electron chi connectivity index (χ1n) is 8.59. The number of aromatic nitrogens is 3. The quantitative estimate of drug-likeness (QED) is 0.652. The number of urea groups is 1. The first-order chi connectivity index (χ1) is 13.0. The number of fused-ring (bicyclic) bond motifs is 1. The summed E-state index contributed by atoms with van der Waals surface area (Å²) in [7, 11) is 0. The highest BCUT2D eigenvalue weighted by molar-refractivity contribution is 6.05. The minimum atomic E-state index is -2.61. The van der Waals surface area contributed by atoms with Gasteiger partial charge in [0.15, 0.2) is 5.82 Å². The Labute approximate surface area is 153 Å². The molecule has 1 aliphatic rings. The summed E-state index contributed by atoms with van der Waals surface area (Å²) in [5.41, 5.74) is 1.57. The van der Waals surface area contributed by atoms with Crippen LogP contribution in [0.5, 0.6) is 0 Å². The molecule has 3 N–H and O–H groups in total. The summed E-state index contributed by atoms with van der Waals surface area (Å²) in [6.45, 7) is 0.463. The van der Waals surface area contributed by atoms with Crippen molar-refractivity contribution in [2.45, 2.75) is 18.8 Å². The molecule has 0 radical (unpaired) electrons. The van der Waals surface area contributed by atoms with Crippen molar-refractivity contribution in [3.05, 3.63) is 42.9 Å². The predicted molar refractivity (Wildman–Crippen MR) is 99.4 cm³/mol. The number of halogens is 2. The molecule has 0 saturated carbocycles. The van der Waals surface area contributed by atoms with Gasteiger partial charge in [0, 0.05) is 43.0 Å². The number of rotatable bonds is 3. The van der Waals surface area contributed by atoms with Crippen LogP contribution in [0.4, 0.5) is 30.9 Å². The maximum Gasteiger partial charge on any atom is 0.324 e. The third-order valence-electron chi connectivity index (χ3n) is 4.54. The Bertz CT molecular complexity index is 946. The average Bonchev–Trinajstić information content (AvgIpc) is 3.05. The summed E-state index contributed by atoms with van der Waals surface area (Å²) >= 11 is 0. The number of anilines is 3. The number of carbonyl (C=O) groups is 1. The van der Waals surface area contributed by atoms with Gasteiger partial charge in [-0.05, 0) is 6.07 Å². The molecule has 140 valence electrons. The number of para-hydroxylation sites is 1. The van der Waals surface area contributed by atoms with Crippen LogP contribution in [0.3, 0.4) is 0 Å². The zero-order valence-electron chi connectivity index (χ0n) is 14.4. The molecule has 1 fully saturated rings. The molecule has 2 amide bonds. The van der Waals surface area contributed by atoms with E-state index in [2.05, 4.69) is 25.6 Å². The first kappa shape index (κ1) is 17.2. The molecule has 0 aliphatic carbocycles. The summed E-state index contributed by atoms with van der Waals surface area (Å²) in [4.78, 5) is 25.4. The van der Waals surface area contributed by atoms with E-state index in [1.54, 1.807) is 11.1 Å². The Morgan fingerprint density at radius 2 is 1.89 bits per heavy atom. The van der Waals surface area contributed by atoms with Gasteiger partial charge in [-0.1, -0.05) is 18.2 Å². The number of piperidine rings is 1. The molecule has 27 heavy (non-hydrogen) atoms. The van der Waals surface area contributed by atoms with E-state index in [-0.39, 0.29) is 31.7 Å². The minimum absolute atomic E-state index is 0.193. The summed E-state index contributed by atoms with van der Waals surface area (Å²) in [6.07, 6.45) is 4.22. The molecule has 4 rings (SSSR count). The number of amides is 2. The lowest BCUT2D eigenvalue weighted by molar-refractivity contribution is -0.0221. The van der Waals surface area contributed by atoms with Crippen LogP contribution in [0.25, 0.3) is 10.9 Å². The van der Waals surface area contributed by atoms with Crippen LogP contribution in [-0.4, -0.2) is 40.0 Å². The number of nitrogens with one attached hydrogen (secondary N) is 3. The Morgan fingerprint density at radius 3 is 2.63 bits per heavy atom. The van der Waals surface area contributed by atoms with Crippen molar-refractivity contribution in [3.63, 3.8) is 0 Å². The van der Waals surface area contributed by atoms with E-state index in [0.717, 1.165) is 10.9 Å². The van der Waals surface area contributed by atoms with Crippen molar-refractivity contribution < 1.29 is 13.6 Å². The second-order valence-corrected chi connectivity index (χ2v) is 6.43. The van der Waals surface area contributed by atoms with Gasteiger partial charge in [-0.3, -0.25) is 5.32 Å². The fourth-order valence-electron chi connectivity index (χ4n) is 3.06. The van der Waals surface area contributed by atoms with E-state index in [9.17, 15) is 13.6 Å². The van der Waals surface area contributed by atoms with Gasteiger partial charge in [0.25, 0.3) is 5.92 Å². The molecule has 0 bridgehead atoms. The molecule has 2 aromatic heterocycles. The predicted octanol–water partition coefficient (Wildman–Crippen LogP) is 3.84. The topological polar surface area (TPSA) is 85.9 Å². The zero-order valence-corrected chi connectivity index (χ0v) is 14.4. The summed E-state index contributed by atoms with van der Waals surface area (Å²) in [5, 5.41) is 6.27. The van der Waals surface area contributed by atoms with Crippen molar-refractivity contribution in [2.24, 2.45) is 0 Å². The number of alkyl halides is 2. The van der Waals surface area contributed by atoms with Crippen molar-refractivity contribution >= 4 is 34.3 Å². The Kier molecular flexibility index (Phi) is 4.35. The van der Waals surface area contributed by atoms with Gasteiger partial charge in [0.1, 0.15) is 5.82 Å². The summed E-state index contributed by atoms with van der Waals surface area (Å²) in [5.74, 6) is -1.81. The van der Waals surface area contributed by atoms with Gasteiger partial charge < -0.3 is 15.2 Å². The van der Waals surface area contributed by atoms with Gasteiger partial charge in [0.05, 0.1) is 18.1 Å². The number of carbonyl (C=O) groups excluding carboxylic acids is 1. The van der Waals surface area contributed by atoms with Gasteiger partial charge in [-0.15, -0.1) is 0 Å². The van der Waals surface area contributed by atoms with Crippen LogP contribution < -0.4 is 15.5 Å². The molecule has 0 atom stereocenters. The fourth-order valence-corrected chi connectivity index (χ4v) is 3.06. The smallest absolute Gasteiger partial charge is 0.324 e. The number of nitrogens with zero attached hydrogens (tertiary/aromatic N) is 3. The number of hydrogen-bond acceptors (Lipinski definition) is 4. The Hall–Kier alpha value is -3.23. The zero-order chi connectivity index (χ0) is 18.9. The van der Waals surface area contributed by atoms with Crippen LogP contribution in [0.15, 0.2) is 42.9 Å². The lowest BCUT2D eigenvalue weighted by atomic mass is 10.1. The van der Waals surface area contributed by atoms with E-state index in [1.807, 2.05) is 24.3 Å². The average molecular weight is 372 g/mol. The standard InChI is InChI=1S/C18H18F2N6O/c19-18(20)5-7-26(8-6-18)16-11-22-15(10-23-16)25-17(27)24-14-9-21-13-4-2-1-3-12(13)14/h1-4,9-11,21H,5-8H2,(H2,22,24,25,27). The van der Waals surface area contributed by atoms with E-state index < -0.39 is 12.0 Å². The lowest BCUT2D eigenvalue weighted by Gasteiger charge is -2.32. The highest BCUT2D eigenvalue weighted by Gasteiger charge is 2.34. The summed E-state index contributed by atoms with van der Waals surface area (Å²) in [6, 6.07) is 7.17. The summed E-state index contributed by atoms with van der Waals surface area (Å²) < 4.78 is 26.5. The highest BCUT2D eigenvalue weighted by atomic mass is 19.3. The third-order valence-corrected chi connectivity index (χ3v) is 4.54. The fraction of sp³-hybridized carbons (Fsp3) is 0.278. The second kappa shape index (κ2) is 6.82. The van der Waals surface area contributed by atoms with Gasteiger partial charge in [-0.25, -0.2) is 23.5 Å². The van der Waals surface area contributed by atoms with Crippen LogP contribution in [0.1, 0.15) is 12.8 Å². The molecule has 9 heteroatoms. The van der Waals surface area contributed by atoms with Crippen molar-refractivity contribution in [3.8, 4) is 0 Å². The Morgan fingerprint density at radius 1 is 1.11 bits per heavy atom. The number of benzene rings is 1. The van der Waals surface area contributed by atoms with Gasteiger partial charge in [-0.2, -0.15) is 0 Å². The van der Waals surface area contributed by atoms with Crippen molar-refractivity contribution in [2.75, 3.05) is 28.6 Å². The van der Waals surface area contributed by atoms with Crippen molar-refractivity contribution in [1.82, 2.24) is 15.0 Å². The van der Waals surface area contributed by atoms with Crippen LogP contribution >= 0.6 is 0 Å². The lowest BCUT2D eigenvalue weighted by Crippen LogP contribution is -2.39. The van der Waals surface area contributed by atoms with Gasteiger partial charge in [0.2, 0.25) is 0 Å². The minimum Gasteiger partial charge on any atom is -0.359 e. The van der Waals surface area contributed by atoms with Crippen LogP contribution in [0.2, 0.25) is 0 Å². The molecular formula is C18H18F2N6O. The van der Waals surface area contributed by atoms with E-state index in [1.165, 1.54) is 12.4 Å². The van der Waals surface area contributed by atoms with Crippen molar-refractivity contribution in [1.29, 1.82) is 0 Å². The van der Waals surface area contributed by atoms with Gasteiger partial charge >= 0.3 is 6.03 Å². The van der Waals surface area contributed by atoms with Crippen LogP contribution in [-0.2, 0) is 0 Å². The molecule has 1 saturated heterocycles.